The van der Waals surface area contributed by atoms with Crippen molar-refractivity contribution in [1.29, 1.82) is 0 Å². The molecule has 1 N–H and O–H groups in total. The summed E-state index contributed by atoms with van der Waals surface area (Å²) in [7, 11) is 2.69. The first-order valence-electron chi connectivity index (χ1n) is 7.71. The van der Waals surface area contributed by atoms with Crippen molar-refractivity contribution in [1.82, 2.24) is 0 Å². The van der Waals surface area contributed by atoms with E-state index in [1.807, 2.05) is 19.2 Å². The van der Waals surface area contributed by atoms with Crippen LogP contribution in [0.25, 0.3) is 0 Å². The molecule has 1 aromatic heterocycles. The van der Waals surface area contributed by atoms with Crippen molar-refractivity contribution in [2.45, 2.75) is 20.3 Å². The molecule has 0 unspecified atom stereocenters. The van der Waals surface area contributed by atoms with Gasteiger partial charge in [0, 0.05) is 0 Å². The zero-order valence-corrected chi connectivity index (χ0v) is 15.3. The number of hydrogen-bond acceptors (Lipinski definition) is 5. The maximum atomic E-state index is 13.5. The largest absolute Gasteiger partial charge is 0.496 e. The summed E-state index contributed by atoms with van der Waals surface area (Å²) in [5.41, 5.74) is 1.20. The smallest absolute Gasteiger partial charge is 0.341 e. The lowest BCUT2D eigenvalue weighted by Crippen LogP contribution is -2.16. The SMILES string of the molecule is COC(=O)c1c(CC(C)C)csc1NC(=O)c1cc(F)ccc1OC. The number of carbonyl (C=O) groups excluding carboxylic acids is 2. The number of amides is 1. The molecule has 0 bridgehead atoms. The van der Waals surface area contributed by atoms with Gasteiger partial charge in [0.15, 0.2) is 0 Å². The summed E-state index contributed by atoms with van der Waals surface area (Å²) in [5, 5.41) is 4.87. The van der Waals surface area contributed by atoms with Gasteiger partial charge in [0.2, 0.25) is 0 Å². The fraction of sp³-hybridized carbons (Fsp3) is 0.333. The van der Waals surface area contributed by atoms with Gasteiger partial charge in [-0.15, -0.1) is 11.3 Å². The number of esters is 1. The summed E-state index contributed by atoms with van der Waals surface area (Å²) >= 11 is 1.24. The van der Waals surface area contributed by atoms with E-state index in [4.69, 9.17) is 9.47 Å². The number of hydrogen-bond donors (Lipinski definition) is 1. The van der Waals surface area contributed by atoms with E-state index in [1.54, 1.807) is 0 Å². The van der Waals surface area contributed by atoms with Gasteiger partial charge in [-0.2, -0.15) is 0 Å². The predicted octanol–water partition coefficient (Wildman–Crippen LogP) is 4.13. The molecule has 2 aromatic rings. The Hall–Kier alpha value is -2.41. The van der Waals surface area contributed by atoms with Crippen molar-refractivity contribution in [3.05, 3.63) is 46.1 Å². The van der Waals surface area contributed by atoms with Crippen LogP contribution in [0.5, 0.6) is 5.75 Å². The van der Waals surface area contributed by atoms with Crippen LogP contribution in [0, 0.1) is 11.7 Å². The Morgan fingerprint density at radius 3 is 2.60 bits per heavy atom. The van der Waals surface area contributed by atoms with E-state index < -0.39 is 17.7 Å². The first-order chi connectivity index (χ1) is 11.9. The zero-order chi connectivity index (χ0) is 18.6. The van der Waals surface area contributed by atoms with Gasteiger partial charge in [-0.3, -0.25) is 4.79 Å². The molecule has 1 aromatic carbocycles. The van der Waals surface area contributed by atoms with E-state index in [0.717, 1.165) is 11.6 Å². The number of nitrogens with one attached hydrogen (secondary N) is 1. The molecule has 1 amide bonds. The molecule has 0 atom stereocenters. The molecule has 5 nitrogen and oxygen atoms in total. The summed E-state index contributed by atoms with van der Waals surface area (Å²) in [6, 6.07) is 3.68. The molecule has 1 heterocycles. The molecule has 0 aliphatic carbocycles. The zero-order valence-electron chi connectivity index (χ0n) is 14.5. The number of methoxy groups -OCH3 is 2. The van der Waals surface area contributed by atoms with Crippen LogP contribution < -0.4 is 10.1 Å². The van der Waals surface area contributed by atoms with Crippen molar-refractivity contribution in [3.8, 4) is 5.75 Å². The highest BCUT2D eigenvalue weighted by atomic mass is 32.1. The quantitative estimate of drug-likeness (QED) is 0.782. The van der Waals surface area contributed by atoms with E-state index in [1.165, 1.54) is 37.7 Å². The maximum absolute atomic E-state index is 13.5. The molecular weight excluding hydrogens is 345 g/mol. The monoisotopic (exact) mass is 365 g/mol. The second-order valence-electron chi connectivity index (χ2n) is 5.85. The number of anilines is 1. The third kappa shape index (κ3) is 4.36. The van der Waals surface area contributed by atoms with Gasteiger partial charge in [0.05, 0.1) is 25.3 Å². The van der Waals surface area contributed by atoms with Crippen LogP contribution in [-0.2, 0) is 11.2 Å². The second kappa shape index (κ2) is 8.11. The molecule has 0 saturated heterocycles. The first kappa shape index (κ1) is 18.9. The molecule has 0 aliphatic rings. The normalized spacial score (nSPS) is 10.6. The van der Waals surface area contributed by atoms with Crippen LogP contribution >= 0.6 is 11.3 Å². The average Bonchev–Trinajstić information content (AvgIpc) is 2.95. The van der Waals surface area contributed by atoms with E-state index >= 15 is 0 Å². The minimum Gasteiger partial charge on any atom is -0.496 e. The minimum atomic E-state index is -0.556. The Balaban J connectivity index is 2.37. The molecule has 134 valence electrons. The van der Waals surface area contributed by atoms with Crippen LogP contribution in [-0.4, -0.2) is 26.1 Å². The van der Waals surface area contributed by atoms with Crippen molar-refractivity contribution >= 4 is 28.2 Å². The molecule has 25 heavy (non-hydrogen) atoms. The number of thiophene rings is 1. The number of rotatable bonds is 6. The summed E-state index contributed by atoms with van der Waals surface area (Å²) in [4.78, 5) is 24.7. The van der Waals surface area contributed by atoms with Gasteiger partial charge >= 0.3 is 5.97 Å². The van der Waals surface area contributed by atoms with Crippen LogP contribution in [0.2, 0.25) is 0 Å². The lowest BCUT2D eigenvalue weighted by Gasteiger charge is -2.11. The minimum absolute atomic E-state index is 0.0529. The third-order valence-electron chi connectivity index (χ3n) is 3.52. The molecule has 0 fully saturated rings. The molecule has 0 radical (unpaired) electrons. The highest BCUT2D eigenvalue weighted by Gasteiger charge is 2.23. The van der Waals surface area contributed by atoms with Crippen LogP contribution in [0.3, 0.4) is 0 Å². The topological polar surface area (TPSA) is 64.6 Å². The molecule has 0 aliphatic heterocycles. The Labute approximate surface area is 149 Å². The summed E-state index contributed by atoms with van der Waals surface area (Å²) in [6.45, 7) is 4.07. The molecule has 2 rings (SSSR count). The van der Waals surface area contributed by atoms with Crippen molar-refractivity contribution in [3.63, 3.8) is 0 Å². The Morgan fingerprint density at radius 1 is 1.28 bits per heavy atom. The lowest BCUT2D eigenvalue weighted by molar-refractivity contribution is 0.0601. The van der Waals surface area contributed by atoms with Gasteiger partial charge in [-0.1, -0.05) is 13.8 Å². The average molecular weight is 365 g/mol. The Bertz CT molecular complexity index is 785. The van der Waals surface area contributed by atoms with Crippen LogP contribution in [0.15, 0.2) is 23.6 Å². The number of halogens is 1. The number of carbonyl (C=O) groups is 2. The highest BCUT2D eigenvalue weighted by Crippen LogP contribution is 2.32. The number of ether oxygens (including phenoxy) is 2. The summed E-state index contributed by atoms with van der Waals surface area (Å²) in [5.74, 6) is -1.04. The fourth-order valence-corrected chi connectivity index (χ4v) is 3.39. The summed E-state index contributed by atoms with van der Waals surface area (Å²) in [6.07, 6.45) is 0.681. The van der Waals surface area contributed by atoms with E-state index in [-0.39, 0.29) is 11.3 Å². The molecule has 0 saturated carbocycles. The highest BCUT2D eigenvalue weighted by molar-refractivity contribution is 7.15. The van der Waals surface area contributed by atoms with Gasteiger partial charge in [-0.05, 0) is 41.5 Å². The third-order valence-corrected chi connectivity index (χ3v) is 4.46. The van der Waals surface area contributed by atoms with Gasteiger partial charge in [0.1, 0.15) is 16.6 Å². The van der Waals surface area contributed by atoms with Crippen LogP contribution in [0.4, 0.5) is 9.39 Å². The van der Waals surface area contributed by atoms with Gasteiger partial charge < -0.3 is 14.8 Å². The summed E-state index contributed by atoms with van der Waals surface area (Å²) < 4.78 is 23.4. The second-order valence-corrected chi connectivity index (χ2v) is 6.73. The van der Waals surface area contributed by atoms with Gasteiger partial charge in [0.25, 0.3) is 5.91 Å². The van der Waals surface area contributed by atoms with E-state index in [9.17, 15) is 14.0 Å². The van der Waals surface area contributed by atoms with Crippen molar-refractivity contribution in [2.75, 3.05) is 19.5 Å². The maximum Gasteiger partial charge on any atom is 0.341 e. The van der Waals surface area contributed by atoms with Crippen molar-refractivity contribution in [2.24, 2.45) is 5.92 Å². The van der Waals surface area contributed by atoms with Crippen LogP contribution in [0.1, 0.15) is 40.1 Å². The predicted molar refractivity (Wildman–Crippen MR) is 95.1 cm³/mol. The first-order valence-corrected chi connectivity index (χ1v) is 8.58. The Morgan fingerprint density at radius 2 is 2.00 bits per heavy atom. The lowest BCUT2D eigenvalue weighted by atomic mass is 10.0. The fourth-order valence-electron chi connectivity index (χ4n) is 2.43. The number of benzene rings is 1. The Kier molecular flexibility index (Phi) is 6.14. The molecule has 0 spiro atoms. The molecular formula is C18H20FNO4S. The van der Waals surface area contributed by atoms with E-state index in [2.05, 4.69) is 5.32 Å². The van der Waals surface area contributed by atoms with Gasteiger partial charge in [-0.25, -0.2) is 9.18 Å². The molecule has 7 heteroatoms. The standard InChI is InChI=1S/C18H20FNO4S/c1-10(2)7-11-9-25-17(15(11)18(22)24-4)20-16(21)13-8-12(19)5-6-14(13)23-3/h5-6,8-10H,7H2,1-4H3,(H,20,21). The van der Waals surface area contributed by atoms with E-state index in [0.29, 0.717) is 22.9 Å². The van der Waals surface area contributed by atoms with Crippen molar-refractivity contribution < 1.29 is 23.5 Å².